The summed E-state index contributed by atoms with van der Waals surface area (Å²) >= 11 is 0. The van der Waals surface area contributed by atoms with Crippen molar-refractivity contribution in [1.82, 2.24) is 5.32 Å². The van der Waals surface area contributed by atoms with E-state index in [2.05, 4.69) is 19.2 Å². The smallest absolute Gasteiger partial charge is 0.251 e. The van der Waals surface area contributed by atoms with E-state index in [1.54, 1.807) is 12.1 Å². The molecule has 0 aromatic heterocycles. The third-order valence-electron chi connectivity index (χ3n) is 7.51. The van der Waals surface area contributed by atoms with E-state index >= 15 is 0 Å². The normalized spacial score (nSPS) is 16.4. The molecule has 1 N–H and O–H groups in total. The standard InChI is InChI=1S/C30H36N2O4S/c1-6-30(7-2)19-27(26-10-8-9-11-28(26)36-30)31-29(33)24-15-13-23(14-16-24)20-32(37(5,34)35)25-17-12-21(3)22(4)18-25/h8-18,27H,6-7,19-20H2,1-5H3,(H,31,33). The van der Waals surface area contributed by atoms with Crippen molar-refractivity contribution in [2.24, 2.45) is 0 Å². The van der Waals surface area contributed by atoms with Crippen LogP contribution in [0.1, 0.15) is 71.8 Å². The Balaban J connectivity index is 1.52. The molecule has 1 amide bonds. The maximum Gasteiger partial charge on any atom is 0.251 e. The van der Waals surface area contributed by atoms with Crippen molar-refractivity contribution < 1.29 is 17.9 Å². The summed E-state index contributed by atoms with van der Waals surface area (Å²) in [5.74, 6) is 0.661. The summed E-state index contributed by atoms with van der Waals surface area (Å²) in [7, 11) is -3.49. The highest BCUT2D eigenvalue weighted by Gasteiger charge is 2.39. The number of hydrogen-bond donors (Lipinski definition) is 1. The fourth-order valence-electron chi connectivity index (χ4n) is 4.88. The van der Waals surface area contributed by atoms with Crippen molar-refractivity contribution in [3.63, 3.8) is 0 Å². The van der Waals surface area contributed by atoms with Gasteiger partial charge in [0.25, 0.3) is 5.91 Å². The average Bonchev–Trinajstić information content (AvgIpc) is 2.88. The Morgan fingerprint density at radius 2 is 1.68 bits per heavy atom. The summed E-state index contributed by atoms with van der Waals surface area (Å²) in [5, 5.41) is 3.21. The number of carbonyl (C=O) groups excluding carboxylic acids is 1. The second-order valence-corrected chi connectivity index (χ2v) is 11.9. The van der Waals surface area contributed by atoms with Crippen LogP contribution in [0.25, 0.3) is 0 Å². The van der Waals surface area contributed by atoms with Gasteiger partial charge in [-0.3, -0.25) is 9.10 Å². The molecule has 7 heteroatoms. The van der Waals surface area contributed by atoms with Crippen LogP contribution in [0.5, 0.6) is 5.75 Å². The SMILES string of the molecule is CCC1(CC)CC(NC(=O)c2ccc(CN(c3ccc(C)c(C)c3)S(C)(=O)=O)cc2)c2ccccc2O1. The van der Waals surface area contributed by atoms with Crippen LogP contribution in [0.3, 0.4) is 0 Å². The molecule has 0 radical (unpaired) electrons. The van der Waals surface area contributed by atoms with Gasteiger partial charge in [-0.2, -0.15) is 0 Å². The van der Waals surface area contributed by atoms with Crippen LogP contribution in [-0.4, -0.2) is 26.2 Å². The number of sulfonamides is 1. The van der Waals surface area contributed by atoms with Gasteiger partial charge in [0.15, 0.2) is 0 Å². The molecule has 196 valence electrons. The van der Waals surface area contributed by atoms with Gasteiger partial charge in [-0.15, -0.1) is 0 Å². The molecule has 1 unspecified atom stereocenters. The number of rotatable bonds is 8. The molecule has 3 aromatic rings. The van der Waals surface area contributed by atoms with E-state index in [1.165, 1.54) is 10.6 Å². The third kappa shape index (κ3) is 5.82. The van der Waals surface area contributed by atoms with Crippen molar-refractivity contribution in [2.45, 2.75) is 65.1 Å². The minimum absolute atomic E-state index is 0.150. The van der Waals surface area contributed by atoms with Crippen LogP contribution in [0.2, 0.25) is 0 Å². The van der Waals surface area contributed by atoms with Crippen LogP contribution in [0.15, 0.2) is 66.7 Å². The van der Waals surface area contributed by atoms with Crippen molar-refractivity contribution in [2.75, 3.05) is 10.6 Å². The van der Waals surface area contributed by atoms with E-state index in [4.69, 9.17) is 4.74 Å². The molecule has 4 rings (SSSR count). The van der Waals surface area contributed by atoms with Gasteiger partial charge in [0.2, 0.25) is 10.0 Å². The Morgan fingerprint density at radius 3 is 2.30 bits per heavy atom. The number of fused-ring (bicyclic) bond motifs is 1. The molecule has 0 saturated carbocycles. The molecule has 6 nitrogen and oxygen atoms in total. The van der Waals surface area contributed by atoms with Crippen LogP contribution >= 0.6 is 0 Å². The van der Waals surface area contributed by atoms with Gasteiger partial charge in [-0.25, -0.2) is 8.42 Å². The average molecular weight is 521 g/mol. The molecular formula is C30H36N2O4S. The first-order valence-corrected chi connectivity index (χ1v) is 14.6. The Labute approximate surface area is 220 Å². The topological polar surface area (TPSA) is 75.7 Å². The lowest BCUT2D eigenvalue weighted by Gasteiger charge is -2.41. The summed E-state index contributed by atoms with van der Waals surface area (Å²) in [6, 6.07) is 20.5. The van der Waals surface area contributed by atoms with Gasteiger partial charge in [-0.05, 0) is 73.7 Å². The number of ether oxygens (including phenoxy) is 1. The zero-order valence-corrected chi connectivity index (χ0v) is 23.1. The number of amides is 1. The predicted molar refractivity (Wildman–Crippen MR) is 149 cm³/mol. The molecule has 0 bridgehead atoms. The maximum absolute atomic E-state index is 13.2. The van der Waals surface area contributed by atoms with E-state index < -0.39 is 10.0 Å². The lowest BCUT2D eigenvalue weighted by atomic mass is 9.83. The largest absolute Gasteiger partial charge is 0.487 e. The lowest BCUT2D eigenvalue weighted by molar-refractivity contribution is 0.0227. The first-order chi connectivity index (χ1) is 17.5. The summed E-state index contributed by atoms with van der Waals surface area (Å²) in [6.45, 7) is 8.39. The molecule has 3 aromatic carbocycles. The zero-order chi connectivity index (χ0) is 26.8. The summed E-state index contributed by atoms with van der Waals surface area (Å²) in [4.78, 5) is 13.2. The Morgan fingerprint density at radius 1 is 1.00 bits per heavy atom. The highest BCUT2D eigenvalue weighted by atomic mass is 32.2. The molecular weight excluding hydrogens is 484 g/mol. The fourth-order valence-corrected chi connectivity index (χ4v) is 5.76. The summed E-state index contributed by atoms with van der Waals surface area (Å²) < 4.78 is 32.9. The number of hydrogen-bond acceptors (Lipinski definition) is 4. The molecule has 0 aliphatic carbocycles. The number of nitrogens with one attached hydrogen (secondary N) is 1. The molecule has 1 heterocycles. The van der Waals surface area contributed by atoms with Crippen LogP contribution in [-0.2, 0) is 16.6 Å². The van der Waals surface area contributed by atoms with E-state index in [0.29, 0.717) is 17.7 Å². The molecule has 1 aliphatic heterocycles. The maximum atomic E-state index is 13.2. The van der Waals surface area contributed by atoms with Crippen LogP contribution < -0.4 is 14.4 Å². The Kier molecular flexibility index (Phi) is 7.64. The van der Waals surface area contributed by atoms with Gasteiger partial charge < -0.3 is 10.1 Å². The number of para-hydroxylation sites is 1. The number of benzene rings is 3. The van der Waals surface area contributed by atoms with Gasteiger partial charge in [0, 0.05) is 17.5 Å². The van der Waals surface area contributed by atoms with Gasteiger partial charge in [0.05, 0.1) is 24.5 Å². The van der Waals surface area contributed by atoms with E-state index in [0.717, 1.165) is 40.8 Å². The van der Waals surface area contributed by atoms with Crippen molar-refractivity contribution in [3.05, 3.63) is 94.5 Å². The molecule has 0 fully saturated rings. The zero-order valence-electron chi connectivity index (χ0n) is 22.2. The van der Waals surface area contributed by atoms with Gasteiger partial charge in [-0.1, -0.05) is 50.2 Å². The second-order valence-electron chi connectivity index (χ2n) is 10.00. The van der Waals surface area contributed by atoms with Gasteiger partial charge in [0.1, 0.15) is 11.4 Å². The number of nitrogens with zero attached hydrogens (tertiary/aromatic N) is 1. The molecule has 1 aliphatic rings. The van der Waals surface area contributed by atoms with Crippen molar-refractivity contribution in [3.8, 4) is 5.75 Å². The van der Waals surface area contributed by atoms with Crippen molar-refractivity contribution >= 4 is 21.6 Å². The Bertz CT molecular complexity index is 1380. The second kappa shape index (κ2) is 10.6. The first kappa shape index (κ1) is 26.7. The first-order valence-electron chi connectivity index (χ1n) is 12.8. The van der Waals surface area contributed by atoms with Crippen LogP contribution in [0.4, 0.5) is 5.69 Å². The summed E-state index contributed by atoms with van der Waals surface area (Å²) in [5.41, 5.74) is 4.77. The van der Waals surface area contributed by atoms with E-state index in [-0.39, 0.29) is 24.1 Å². The minimum atomic E-state index is -3.49. The third-order valence-corrected chi connectivity index (χ3v) is 8.65. The van der Waals surface area contributed by atoms with Gasteiger partial charge >= 0.3 is 0 Å². The fraction of sp³-hybridized carbons (Fsp3) is 0.367. The quantitative estimate of drug-likeness (QED) is 0.390. The van der Waals surface area contributed by atoms with E-state index in [9.17, 15) is 13.2 Å². The lowest BCUT2D eigenvalue weighted by Crippen LogP contribution is -2.44. The van der Waals surface area contributed by atoms with Crippen LogP contribution in [0, 0.1) is 13.8 Å². The Hall–Kier alpha value is -3.32. The number of carbonyl (C=O) groups is 1. The highest BCUT2D eigenvalue weighted by Crippen LogP contribution is 2.42. The predicted octanol–water partition coefficient (Wildman–Crippen LogP) is 6.08. The monoisotopic (exact) mass is 520 g/mol. The molecule has 1 atom stereocenters. The minimum Gasteiger partial charge on any atom is -0.487 e. The summed E-state index contributed by atoms with van der Waals surface area (Å²) in [6.07, 6.45) is 3.63. The molecule has 0 saturated heterocycles. The molecule has 0 spiro atoms. The van der Waals surface area contributed by atoms with E-state index in [1.807, 2.05) is 68.4 Å². The number of aryl methyl sites for hydroxylation is 2. The molecule has 37 heavy (non-hydrogen) atoms. The van der Waals surface area contributed by atoms with Crippen molar-refractivity contribution in [1.29, 1.82) is 0 Å². The number of anilines is 1. The highest BCUT2D eigenvalue weighted by molar-refractivity contribution is 7.92.